The fourth-order valence-electron chi connectivity index (χ4n) is 3.22. The summed E-state index contributed by atoms with van der Waals surface area (Å²) in [5.74, 6) is 1.47. The molecule has 3 aromatic rings. The molecule has 0 radical (unpaired) electrons. The maximum absolute atomic E-state index is 12.7. The van der Waals surface area contributed by atoms with Crippen molar-refractivity contribution in [2.24, 2.45) is 0 Å². The van der Waals surface area contributed by atoms with E-state index in [1.807, 2.05) is 35.2 Å². The standard InChI is InChI=1S/C19H18N2OS2/c1-13-10-14-6-2-4-8-16(14)21(13)19(22)12-23-11-18-20-15-7-3-5-9-17(15)24-18/h2-9,13H,10-12H2,1H3/t13-/m0/s1. The number of rotatable bonds is 4. The molecule has 3 nitrogen and oxygen atoms in total. The molecule has 0 saturated heterocycles. The van der Waals surface area contributed by atoms with Gasteiger partial charge >= 0.3 is 0 Å². The second-order valence-corrected chi connectivity index (χ2v) is 8.11. The van der Waals surface area contributed by atoms with Crippen molar-refractivity contribution in [2.45, 2.75) is 25.1 Å². The molecule has 4 rings (SSSR count). The van der Waals surface area contributed by atoms with Crippen LogP contribution in [0.4, 0.5) is 5.69 Å². The summed E-state index contributed by atoms with van der Waals surface area (Å²) in [7, 11) is 0. The molecule has 0 unspecified atom stereocenters. The van der Waals surface area contributed by atoms with Crippen LogP contribution in [-0.2, 0) is 17.0 Å². The number of anilines is 1. The van der Waals surface area contributed by atoms with Gasteiger partial charge in [-0.05, 0) is 37.1 Å². The molecule has 2 heterocycles. The quantitative estimate of drug-likeness (QED) is 0.691. The Morgan fingerprint density at radius 2 is 2.04 bits per heavy atom. The molecule has 2 aromatic carbocycles. The van der Waals surface area contributed by atoms with E-state index >= 15 is 0 Å². The molecule has 0 bridgehead atoms. The van der Waals surface area contributed by atoms with E-state index in [0.717, 1.165) is 28.4 Å². The molecule has 1 atom stereocenters. The highest BCUT2D eigenvalue weighted by Crippen LogP contribution is 2.32. The summed E-state index contributed by atoms with van der Waals surface area (Å²) in [6.07, 6.45) is 0.949. The Balaban J connectivity index is 1.40. The number of carbonyl (C=O) groups excluding carboxylic acids is 1. The SMILES string of the molecule is C[C@H]1Cc2ccccc2N1C(=O)CSCc1nc2ccccc2s1. The van der Waals surface area contributed by atoms with Crippen LogP contribution >= 0.6 is 23.1 Å². The van der Waals surface area contributed by atoms with E-state index in [-0.39, 0.29) is 11.9 Å². The van der Waals surface area contributed by atoms with E-state index in [0.29, 0.717) is 5.75 Å². The number of thioether (sulfide) groups is 1. The van der Waals surface area contributed by atoms with Gasteiger partial charge in [-0.25, -0.2) is 4.98 Å². The predicted octanol–water partition coefficient (Wildman–Crippen LogP) is 4.51. The first-order valence-electron chi connectivity index (χ1n) is 8.04. The molecule has 1 aliphatic heterocycles. The van der Waals surface area contributed by atoms with Gasteiger partial charge in [0.15, 0.2) is 0 Å². The zero-order valence-electron chi connectivity index (χ0n) is 13.4. The number of aromatic nitrogens is 1. The lowest BCUT2D eigenvalue weighted by Crippen LogP contribution is -2.37. The zero-order chi connectivity index (χ0) is 16.5. The Morgan fingerprint density at radius 1 is 1.25 bits per heavy atom. The first kappa shape index (κ1) is 15.7. The van der Waals surface area contributed by atoms with Gasteiger partial charge in [-0.2, -0.15) is 0 Å². The number of fused-ring (bicyclic) bond motifs is 2. The van der Waals surface area contributed by atoms with E-state index in [2.05, 4.69) is 30.1 Å². The first-order valence-corrected chi connectivity index (χ1v) is 10.0. The maximum Gasteiger partial charge on any atom is 0.237 e. The number of hydrogen-bond acceptors (Lipinski definition) is 4. The van der Waals surface area contributed by atoms with Crippen LogP contribution in [0.1, 0.15) is 17.5 Å². The average molecular weight is 354 g/mol. The highest BCUT2D eigenvalue weighted by atomic mass is 32.2. The van der Waals surface area contributed by atoms with Crippen molar-refractivity contribution in [1.29, 1.82) is 0 Å². The van der Waals surface area contributed by atoms with Crippen molar-refractivity contribution >= 4 is 44.9 Å². The van der Waals surface area contributed by atoms with Gasteiger partial charge in [-0.3, -0.25) is 4.79 Å². The van der Waals surface area contributed by atoms with Gasteiger partial charge in [-0.15, -0.1) is 23.1 Å². The van der Waals surface area contributed by atoms with Crippen LogP contribution in [-0.4, -0.2) is 22.7 Å². The van der Waals surface area contributed by atoms with Crippen LogP contribution in [0, 0.1) is 0 Å². The van der Waals surface area contributed by atoms with Crippen LogP contribution in [0.25, 0.3) is 10.2 Å². The van der Waals surface area contributed by atoms with Crippen molar-refractivity contribution in [2.75, 3.05) is 10.7 Å². The minimum absolute atomic E-state index is 0.193. The topological polar surface area (TPSA) is 33.2 Å². The molecule has 1 aliphatic rings. The Bertz CT molecular complexity index is 857. The van der Waals surface area contributed by atoms with Crippen LogP contribution in [0.2, 0.25) is 0 Å². The fraction of sp³-hybridized carbons (Fsp3) is 0.263. The van der Waals surface area contributed by atoms with Gasteiger partial charge < -0.3 is 4.90 Å². The molecular weight excluding hydrogens is 336 g/mol. The van der Waals surface area contributed by atoms with Crippen molar-refractivity contribution < 1.29 is 4.79 Å². The predicted molar refractivity (Wildman–Crippen MR) is 103 cm³/mol. The summed E-state index contributed by atoms with van der Waals surface area (Å²) in [5.41, 5.74) is 3.40. The molecule has 1 amide bonds. The highest BCUT2D eigenvalue weighted by Gasteiger charge is 2.30. The summed E-state index contributed by atoms with van der Waals surface area (Å²) in [6.45, 7) is 2.12. The minimum atomic E-state index is 0.193. The second-order valence-electron chi connectivity index (χ2n) is 6.01. The average Bonchev–Trinajstić information content (AvgIpc) is 3.13. The van der Waals surface area contributed by atoms with E-state index < -0.39 is 0 Å². The van der Waals surface area contributed by atoms with Gasteiger partial charge in [-0.1, -0.05) is 30.3 Å². The monoisotopic (exact) mass is 354 g/mol. The van der Waals surface area contributed by atoms with Crippen LogP contribution < -0.4 is 4.90 Å². The summed E-state index contributed by atoms with van der Waals surface area (Å²) in [5, 5.41) is 1.09. The number of nitrogens with zero attached hydrogens (tertiary/aromatic N) is 2. The Morgan fingerprint density at radius 3 is 2.92 bits per heavy atom. The fourth-order valence-corrected chi connectivity index (χ4v) is 5.13. The summed E-state index contributed by atoms with van der Waals surface area (Å²) in [6, 6.07) is 16.6. The molecule has 5 heteroatoms. The number of hydrogen-bond donors (Lipinski definition) is 0. The molecule has 24 heavy (non-hydrogen) atoms. The Labute approximate surface area is 149 Å². The molecular formula is C19H18N2OS2. The molecule has 122 valence electrons. The normalized spacial score (nSPS) is 16.5. The number of carbonyl (C=O) groups is 1. The maximum atomic E-state index is 12.7. The third-order valence-electron chi connectivity index (χ3n) is 4.27. The van der Waals surface area contributed by atoms with Gasteiger partial charge in [0.05, 0.1) is 16.0 Å². The van der Waals surface area contributed by atoms with Gasteiger partial charge in [0.25, 0.3) is 0 Å². The van der Waals surface area contributed by atoms with Gasteiger partial charge in [0.1, 0.15) is 5.01 Å². The molecule has 1 aromatic heterocycles. The largest absolute Gasteiger partial charge is 0.308 e. The minimum Gasteiger partial charge on any atom is -0.308 e. The second kappa shape index (κ2) is 6.57. The van der Waals surface area contributed by atoms with Crippen LogP contribution in [0.5, 0.6) is 0 Å². The highest BCUT2D eigenvalue weighted by molar-refractivity contribution is 7.99. The number of para-hydroxylation sites is 2. The molecule has 0 spiro atoms. The van der Waals surface area contributed by atoms with E-state index in [1.54, 1.807) is 23.1 Å². The lowest BCUT2D eigenvalue weighted by molar-refractivity contribution is -0.116. The van der Waals surface area contributed by atoms with Crippen molar-refractivity contribution in [3.8, 4) is 0 Å². The first-order chi connectivity index (χ1) is 11.7. The third-order valence-corrected chi connectivity index (χ3v) is 6.41. The summed E-state index contributed by atoms with van der Waals surface area (Å²) < 4.78 is 1.21. The number of amides is 1. The lowest BCUT2D eigenvalue weighted by Gasteiger charge is -2.22. The zero-order valence-corrected chi connectivity index (χ0v) is 15.1. The van der Waals surface area contributed by atoms with E-state index in [1.165, 1.54) is 10.3 Å². The molecule has 0 fully saturated rings. The smallest absolute Gasteiger partial charge is 0.237 e. The van der Waals surface area contributed by atoms with Crippen molar-refractivity contribution in [3.63, 3.8) is 0 Å². The summed E-state index contributed by atoms with van der Waals surface area (Å²) >= 11 is 3.36. The third kappa shape index (κ3) is 2.94. The van der Waals surface area contributed by atoms with Crippen molar-refractivity contribution in [1.82, 2.24) is 4.98 Å². The van der Waals surface area contributed by atoms with E-state index in [4.69, 9.17) is 0 Å². The number of thiazole rings is 1. The van der Waals surface area contributed by atoms with Crippen LogP contribution in [0.15, 0.2) is 48.5 Å². The number of benzene rings is 2. The van der Waals surface area contributed by atoms with Crippen molar-refractivity contribution in [3.05, 3.63) is 59.1 Å². The van der Waals surface area contributed by atoms with E-state index in [9.17, 15) is 4.79 Å². The molecule has 0 aliphatic carbocycles. The van der Waals surface area contributed by atoms with Crippen LogP contribution in [0.3, 0.4) is 0 Å². The summed E-state index contributed by atoms with van der Waals surface area (Å²) in [4.78, 5) is 19.3. The Hall–Kier alpha value is -1.85. The van der Waals surface area contributed by atoms with Gasteiger partial charge in [0, 0.05) is 17.5 Å². The van der Waals surface area contributed by atoms with Gasteiger partial charge in [0.2, 0.25) is 5.91 Å². The molecule has 0 saturated carbocycles. The lowest BCUT2D eigenvalue weighted by atomic mass is 10.1. The Kier molecular flexibility index (Phi) is 4.29. The molecule has 0 N–H and O–H groups in total.